The summed E-state index contributed by atoms with van der Waals surface area (Å²) in [7, 11) is -3.48. The van der Waals surface area contributed by atoms with Crippen molar-refractivity contribution in [3.63, 3.8) is 0 Å². The van der Waals surface area contributed by atoms with Gasteiger partial charge in [-0.3, -0.25) is 4.79 Å². The van der Waals surface area contributed by atoms with Gasteiger partial charge in [-0.2, -0.15) is 4.31 Å². The molecule has 1 fully saturated rings. The third-order valence-electron chi connectivity index (χ3n) is 4.35. The molecule has 1 unspecified atom stereocenters. The molecule has 6 nitrogen and oxygen atoms in total. The van der Waals surface area contributed by atoms with E-state index < -0.39 is 10.0 Å². The largest absolute Gasteiger partial charge is 0.338 e. The van der Waals surface area contributed by atoms with Crippen LogP contribution >= 0.6 is 0 Å². The second-order valence-corrected chi connectivity index (χ2v) is 7.69. The first-order chi connectivity index (χ1) is 10.9. The number of rotatable bonds is 6. The Balaban J connectivity index is 2.15. The summed E-state index contributed by atoms with van der Waals surface area (Å²) in [4.78, 5) is 14.4. The molecule has 0 saturated carbocycles. The van der Waals surface area contributed by atoms with Gasteiger partial charge in [0, 0.05) is 31.7 Å². The van der Waals surface area contributed by atoms with Crippen LogP contribution in [0, 0.1) is 5.92 Å². The van der Waals surface area contributed by atoms with Crippen LogP contribution in [0.4, 0.5) is 0 Å². The average molecular weight is 339 g/mol. The molecule has 1 aromatic rings. The molecule has 7 heteroatoms. The monoisotopic (exact) mass is 339 g/mol. The van der Waals surface area contributed by atoms with E-state index >= 15 is 0 Å². The maximum absolute atomic E-state index is 12.4. The zero-order chi connectivity index (χ0) is 17.0. The number of carbonyl (C=O) groups excluding carboxylic acids is 1. The maximum Gasteiger partial charge on any atom is 0.253 e. The molecule has 2 rings (SSSR count). The molecule has 0 bridgehead atoms. The second-order valence-electron chi connectivity index (χ2n) is 5.76. The van der Waals surface area contributed by atoms with Gasteiger partial charge in [0.1, 0.15) is 0 Å². The van der Waals surface area contributed by atoms with E-state index in [0.717, 1.165) is 6.42 Å². The minimum Gasteiger partial charge on any atom is -0.338 e. The minimum atomic E-state index is -3.48. The van der Waals surface area contributed by atoms with E-state index in [1.165, 1.54) is 16.4 Å². The van der Waals surface area contributed by atoms with Gasteiger partial charge in [-0.1, -0.05) is 13.8 Å². The smallest absolute Gasteiger partial charge is 0.253 e. The van der Waals surface area contributed by atoms with E-state index in [1.54, 1.807) is 30.9 Å². The highest BCUT2D eigenvalue weighted by molar-refractivity contribution is 7.89. The van der Waals surface area contributed by atoms with Crippen molar-refractivity contribution in [2.75, 3.05) is 32.7 Å². The molecule has 0 radical (unpaired) electrons. The van der Waals surface area contributed by atoms with Crippen LogP contribution in [0.25, 0.3) is 0 Å². The molecule has 0 spiro atoms. The van der Waals surface area contributed by atoms with E-state index in [9.17, 15) is 13.2 Å². The van der Waals surface area contributed by atoms with Crippen molar-refractivity contribution in [2.45, 2.75) is 25.2 Å². The number of carbonyl (C=O) groups is 1. The number of benzene rings is 1. The molecule has 1 heterocycles. The highest BCUT2D eigenvalue weighted by atomic mass is 32.2. The lowest BCUT2D eigenvalue weighted by Gasteiger charge is -2.19. The molecule has 2 N–H and O–H groups in total. The molecule has 1 saturated heterocycles. The molecule has 0 aliphatic carbocycles. The molecule has 0 aromatic heterocycles. The van der Waals surface area contributed by atoms with Gasteiger partial charge in [-0.25, -0.2) is 8.42 Å². The van der Waals surface area contributed by atoms with Crippen molar-refractivity contribution in [3.05, 3.63) is 29.8 Å². The molecule has 23 heavy (non-hydrogen) atoms. The number of likely N-dealkylation sites (tertiary alicyclic amines) is 1. The molecule has 128 valence electrons. The Morgan fingerprint density at radius 3 is 2.35 bits per heavy atom. The summed E-state index contributed by atoms with van der Waals surface area (Å²) in [6.07, 6.45) is 0.927. The standard InChI is InChI=1S/C16H25N3O3S/c1-3-19(4-2)23(21,22)15-7-5-14(6-8-15)16(20)18-10-9-13(11-17)12-18/h5-8,13H,3-4,9-12,17H2,1-2H3. The normalized spacial score (nSPS) is 18.6. The van der Waals surface area contributed by atoms with Gasteiger partial charge >= 0.3 is 0 Å². The van der Waals surface area contributed by atoms with Crippen molar-refractivity contribution in [3.8, 4) is 0 Å². The van der Waals surface area contributed by atoms with Gasteiger partial charge < -0.3 is 10.6 Å². The van der Waals surface area contributed by atoms with Gasteiger partial charge in [-0.15, -0.1) is 0 Å². The summed E-state index contributed by atoms with van der Waals surface area (Å²) in [6.45, 7) is 6.43. The Morgan fingerprint density at radius 1 is 1.26 bits per heavy atom. The van der Waals surface area contributed by atoms with Crippen LogP contribution in [0.2, 0.25) is 0 Å². The van der Waals surface area contributed by atoms with Crippen LogP contribution in [0.1, 0.15) is 30.6 Å². The Bertz CT molecular complexity index is 639. The Labute approximate surface area is 138 Å². The third-order valence-corrected chi connectivity index (χ3v) is 6.41. The summed E-state index contributed by atoms with van der Waals surface area (Å²) in [5, 5.41) is 0. The lowest BCUT2D eigenvalue weighted by atomic mass is 10.1. The lowest BCUT2D eigenvalue weighted by Crippen LogP contribution is -2.31. The molecule has 1 aromatic carbocycles. The van der Waals surface area contributed by atoms with Crippen LogP contribution in [0.15, 0.2) is 29.2 Å². The Morgan fingerprint density at radius 2 is 1.87 bits per heavy atom. The quantitative estimate of drug-likeness (QED) is 0.842. The van der Waals surface area contributed by atoms with Gasteiger partial charge in [0.05, 0.1) is 4.90 Å². The van der Waals surface area contributed by atoms with Crippen LogP contribution < -0.4 is 5.73 Å². The summed E-state index contributed by atoms with van der Waals surface area (Å²) >= 11 is 0. The Kier molecular flexibility index (Phi) is 5.78. The fourth-order valence-electron chi connectivity index (χ4n) is 2.87. The van der Waals surface area contributed by atoms with Gasteiger partial charge in [0.15, 0.2) is 0 Å². The van der Waals surface area contributed by atoms with E-state index in [4.69, 9.17) is 5.73 Å². The van der Waals surface area contributed by atoms with Gasteiger partial charge in [0.2, 0.25) is 10.0 Å². The number of amides is 1. The van der Waals surface area contributed by atoms with Crippen molar-refractivity contribution in [1.82, 2.24) is 9.21 Å². The first-order valence-electron chi connectivity index (χ1n) is 8.03. The van der Waals surface area contributed by atoms with E-state index in [-0.39, 0.29) is 10.8 Å². The predicted octanol–water partition coefficient (Wildman–Crippen LogP) is 1.14. The average Bonchev–Trinajstić information content (AvgIpc) is 3.04. The fourth-order valence-corrected chi connectivity index (χ4v) is 4.33. The summed E-state index contributed by atoms with van der Waals surface area (Å²) in [5.41, 5.74) is 6.16. The Hall–Kier alpha value is -1.44. The summed E-state index contributed by atoms with van der Waals surface area (Å²) in [5.74, 6) is 0.300. The second kappa shape index (κ2) is 7.42. The van der Waals surface area contributed by atoms with Gasteiger partial charge in [-0.05, 0) is 43.1 Å². The van der Waals surface area contributed by atoms with E-state index in [1.807, 2.05) is 0 Å². The van der Waals surface area contributed by atoms with Gasteiger partial charge in [0.25, 0.3) is 5.91 Å². The first-order valence-corrected chi connectivity index (χ1v) is 9.47. The molecular formula is C16H25N3O3S. The SMILES string of the molecule is CCN(CC)S(=O)(=O)c1ccc(C(=O)N2CCC(CN)C2)cc1. The van der Waals surface area contributed by atoms with Crippen LogP contribution in [-0.4, -0.2) is 56.3 Å². The van der Waals surface area contributed by atoms with Crippen LogP contribution in [0.5, 0.6) is 0 Å². The summed E-state index contributed by atoms with van der Waals surface area (Å²) < 4.78 is 26.3. The molecule has 1 aliphatic heterocycles. The zero-order valence-corrected chi connectivity index (χ0v) is 14.6. The highest BCUT2D eigenvalue weighted by Crippen LogP contribution is 2.20. The third kappa shape index (κ3) is 3.73. The number of hydrogen-bond donors (Lipinski definition) is 1. The molecule has 1 amide bonds. The van der Waals surface area contributed by atoms with E-state index in [2.05, 4.69) is 0 Å². The number of hydrogen-bond acceptors (Lipinski definition) is 4. The first kappa shape index (κ1) is 17.9. The van der Waals surface area contributed by atoms with Crippen molar-refractivity contribution in [2.24, 2.45) is 11.7 Å². The topological polar surface area (TPSA) is 83.7 Å². The maximum atomic E-state index is 12.4. The van der Waals surface area contributed by atoms with Crippen molar-refractivity contribution >= 4 is 15.9 Å². The molecule has 1 atom stereocenters. The predicted molar refractivity (Wildman–Crippen MR) is 89.6 cm³/mol. The summed E-state index contributed by atoms with van der Waals surface area (Å²) in [6, 6.07) is 6.21. The number of sulfonamides is 1. The molecular weight excluding hydrogens is 314 g/mol. The zero-order valence-electron chi connectivity index (χ0n) is 13.7. The number of nitrogens with zero attached hydrogens (tertiary/aromatic N) is 2. The highest BCUT2D eigenvalue weighted by Gasteiger charge is 2.27. The van der Waals surface area contributed by atoms with E-state index in [0.29, 0.717) is 44.2 Å². The van der Waals surface area contributed by atoms with Crippen molar-refractivity contribution < 1.29 is 13.2 Å². The number of nitrogens with two attached hydrogens (primary N) is 1. The van der Waals surface area contributed by atoms with Crippen LogP contribution in [0.3, 0.4) is 0 Å². The lowest BCUT2D eigenvalue weighted by molar-refractivity contribution is 0.0787. The van der Waals surface area contributed by atoms with Crippen molar-refractivity contribution in [1.29, 1.82) is 0 Å². The van der Waals surface area contributed by atoms with Crippen LogP contribution in [-0.2, 0) is 10.0 Å². The minimum absolute atomic E-state index is 0.0623. The molecule has 1 aliphatic rings. The fraction of sp³-hybridized carbons (Fsp3) is 0.562.